The quantitative estimate of drug-likeness (QED) is 0.719. The molecule has 90 valence electrons. The van der Waals surface area contributed by atoms with Crippen LogP contribution in [-0.4, -0.2) is 32.6 Å². The van der Waals surface area contributed by atoms with Crippen molar-refractivity contribution in [3.05, 3.63) is 35.4 Å². The Kier molecular flexibility index (Phi) is 4.43. The minimum atomic E-state index is -3.34. The molecule has 0 radical (unpaired) electrons. The molecule has 1 rings (SSSR count). The van der Waals surface area contributed by atoms with Gasteiger partial charge in [-0.2, -0.15) is 0 Å². The van der Waals surface area contributed by atoms with Crippen LogP contribution in [0, 0.1) is 0 Å². The molecule has 0 heterocycles. The van der Waals surface area contributed by atoms with Crippen molar-refractivity contribution in [3.8, 4) is 0 Å². The average Bonchev–Trinajstić information content (AvgIpc) is 2.16. The summed E-state index contributed by atoms with van der Waals surface area (Å²) in [6.45, 7) is -0.0387. The van der Waals surface area contributed by atoms with Crippen molar-refractivity contribution >= 4 is 10.0 Å². The van der Waals surface area contributed by atoms with Gasteiger partial charge in [0.1, 0.15) is 0 Å². The zero-order valence-electron chi connectivity index (χ0n) is 9.34. The second-order valence-electron chi connectivity index (χ2n) is 3.72. The predicted molar refractivity (Wildman–Crippen MR) is 61.8 cm³/mol. The monoisotopic (exact) mass is 244 g/mol. The summed E-state index contributed by atoms with van der Waals surface area (Å²) in [5, 5.41) is 10.2. The molecule has 6 heteroatoms. The highest BCUT2D eigenvalue weighted by molar-refractivity contribution is 7.88. The Labute approximate surface area is 95.7 Å². The van der Waals surface area contributed by atoms with Crippen molar-refractivity contribution in [3.63, 3.8) is 0 Å². The summed E-state index contributed by atoms with van der Waals surface area (Å²) in [4.78, 5) is 2.35. The van der Waals surface area contributed by atoms with Gasteiger partial charge in [0.25, 0.3) is 0 Å². The van der Waals surface area contributed by atoms with E-state index in [0.29, 0.717) is 5.56 Å². The predicted octanol–water partition coefficient (Wildman–Crippen LogP) is 0.0749. The number of hydrazine groups is 1. The van der Waals surface area contributed by atoms with Crippen LogP contribution < -0.4 is 4.83 Å². The third-order valence-electron chi connectivity index (χ3n) is 1.88. The fourth-order valence-electron chi connectivity index (χ4n) is 1.27. The summed E-state index contributed by atoms with van der Waals surface area (Å²) in [5.41, 5.74) is 1.45. The van der Waals surface area contributed by atoms with Crippen LogP contribution in [0.15, 0.2) is 24.3 Å². The summed E-state index contributed by atoms with van der Waals surface area (Å²) in [5.74, 6) is -0.0725. The minimum Gasteiger partial charge on any atom is -0.392 e. The number of aliphatic hydroxyl groups excluding tert-OH is 1. The van der Waals surface area contributed by atoms with Gasteiger partial charge in [0.2, 0.25) is 10.0 Å². The third-order valence-corrected chi connectivity index (χ3v) is 3.24. The lowest BCUT2D eigenvalue weighted by Crippen LogP contribution is -2.36. The van der Waals surface area contributed by atoms with E-state index in [2.05, 4.69) is 4.83 Å². The SMILES string of the molecule is CN(C)NS(=O)(=O)Cc1ccc(CO)cc1. The zero-order valence-corrected chi connectivity index (χ0v) is 10.2. The number of hydrogen-bond donors (Lipinski definition) is 2. The molecule has 5 nitrogen and oxygen atoms in total. The van der Waals surface area contributed by atoms with Crippen LogP contribution in [0.4, 0.5) is 0 Å². The van der Waals surface area contributed by atoms with E-state index >= 15 is 0 Å². The van der Waals surface area contributed by atoms with E-state index in [0.717, 1.165) is 5.56 Å². The molecule has 0 bridgehead atoms. The summed E-state index contributed by atoms with van der Waals surface area (Å²) < 4.78 is 23.1. The molecule has 2 N–H and O–H groups in total. The Hall–Kier alpha value is -0.950. The number of nitrogens with one attached hydrogen (secondary N) is 1. The number of sulfonamides is 1. The maximum Gasteiger partial charge on any atom is 0.228 e. The van der Waals surface area contributed by atoms with Gasteiger partial charge >= 0.3 is 0 Å². The molecule has 0 unspecified atom stereocenters. The first-order chi connectivity index (χ1) is 7.43. The van der Waals surface area contributed by atoms with E-state index in [-0.39, 0.29) is 12.4 Å². The highest BCUT2D eigenvalue weighted by atomic mass is 32.2. The van der Waals surface area contributed by atoms with Crippen molar-refractivity contribution in [2.45, 2.75) is 12.4 Å². The Morgan fingerprint density at radius 3 is 2.12 bits per heavy atom. The summed E-state index contributed by atoms with van der Waals surface area (Å²) in [7, 11) is -0.105. The van der Waals surface area contributed by atoms with E-state index in [9.17, 15) is 8.42 Å². The van der Waals surface area contributed by atoms with E-state index < -0.39 is 10.0 Å². The fourth-order valence-corrected chi connectivity index (χ4v) is 2.52. The molecular formula is C10H16N2O3S. The molecule has 0 amide bonds. The smallest absolute Gasteiger partial charge is 0.228 e. The lowest BCUT2D eigenvalue weighted by Gasteiger charge is -2.12. The van der Waals surface area contributed by atoms with Crippen LogP contribution in [0.3, 0.4) is 0 Å². The lowest BCUT2D eigenvalue weighted by atomic mass is 10.2. The number of nitrogens with zero attached hydrogens (tertiary/aromatic N) is 1. The first kappa shape index (κ1) is 13.1. The third kappa shape index (κ3) is 4.28. The topological polar surface area (TPSA) is 69.6 Å². The molecule has 0 atom stereocenters. The van der Waals surface area contributed by atoms with Crippen molar-refractivity contribution in [1.82, 2.24) is 9.84 Å². The summed E-state index contributed by atoms with van der Waals surface area (Å²) >= 11 is 0. The molecule has 0 aromatic heterocycles. The molecule has 1 aromatic carbocycles. The number of rotatable bonds is 5. The number of hydrogen-bond acceptors (Lipinski definition) is 4. The molecule has 0 aliphatic rings. The van der Waals surface area contributed by atoms with Crippen LogP contribution in [0.1, 0.15) is 11.1 Å². The highest BCUT2D eigenvalue weighted by Crippen LogP contribution is 2.07. The maximum atomic E-state index is 11.6. The normalized spacial score (nSPS) is 12.0. The number of benzene rings is 1. The van der Waals surface area contributed by atoms with Crippen LogP contribution in [0.5, 0.6) is 0 Å². The largest absolute Gasteiger partial charge is 0.392 e. The summed E-state index contributed by atoms with van der Waals surface area (Å²) in [6.07, 6.45) is 0. The summed E-state index contributed by atoms with van der Waals surface area (Å²) in [6, 6.07) is 6.81. The Bertz CT molecular complexity index is 426. The molecule has 0 saturated heterocycles. The first-order valence-electron chi connectivity index (χ1n) is 4.79. The van der Waals surface area contributed by atoms with Crippen molar-refractivity contribution in [2.24, 2.45) is 0 Å². The van der Waals surface area contributed by atoms with Crippen LogP contribution in [0.25, 0.3) is 0 Å². The highest BCUT2D eigenvalue weighted by Gasteiger charge is 2.11. The van der Waals surface area contributed by atoms with E-state index in [1.165, 1.54) is 5.01 Å². The minimum absolute atomic E-state index is 0.0387. The van der Waals surface area contributed by atoms with Gasteiger partial charge in [-0.25, -0.2) is 13.4 Å². The van der Waals surface area contributed by atoms with Gasteiger partial charge in [0.15, 0.2) is 0 Å². The number of aliphatic hydroxyl groups is 1. The Morgan fingerprint density at radius 1 is 1.19 bits per heavy atom. The van der Waals surface area contributed by atoms with E-state index in [1.54, 1.807) is 38.4 Å². The van der Waals surface area contributed by atoms with E-state index in [4.69, 9.17) is 5.11 Å². The van der Waals surface area contributed by atoms with Gasteiger partial charge in [-0.1, -0.05) is 24.3 Å². The van der Waals surface area contributed by atoms with Crippen molar-refractivity contribution in [1.29, 1.82) is 0 Å². The van der Waals surface area contributed by atoms with Crippen LogP contribution >= 0.6 is 0 Å². The van der Waals surface area contributed by atoms with Gasteiger partial charge in [-0.3, -0.25) is 0 Å². The van der Waals surface area contributed by atoms with Gasteiger partial charge in [-0.05, 0) is 11.1 Å². The molecule has 16 heavy (non-hydrogen) atoms. The second kappa shape index (κ2) is 5.40. The van der Waals surface area contributed by atoms with Gasteiger partial charge in [0.05, 0.1) is 12.4 Å². The van der Waals surface area contributed by atoms with Gasteiger partial charge in [0, 0.05) is 14.1 Å². The van der Waals surface area contributed by atoms with Crippen LogP contribution in [-0.2, 0) is 22.4 Å². The fraction of sp³-hybridized carbons (Fsp3) is 0.400. The van der Waals surface area contributed by atoms with Crippen LogP contribution in [0.2, 0.25) is 0 Å². The molecule has 1 aromatic rings. The molecule has 0 aliphatic heterocycles. The zero-order chi connectivity index (χ0) is 12.2. The maximum absolute atomic E-state index is 11.6. The molecule has 0 saturated carbocycles. The average molecular weight is 244 g/mol. The molecular weight excluding hydrogens is 228 g/mol. The van der Waals surface area contributed by atoms with E-state index in [1.807, 2.05) is 0 Å². The van der Waals surface area contributed by atoms with Gasteiger partial charge < -0.3 is 5.11 Å². The molecule has 0 aliphatic carbocycles. The Morgan fingerprint density at radius 2 is 1.69 bits per heavy atom. The van der Waals surface area contributed by atoms with Crippen molar-refractivity contribution in [2.75, 3.05) is 14.1 Å². The van der Waals surface area contributed by atoms with Crippen molar-refractivity contribution < 1.29 is 13.5 Å². The Balaban J connectivity index is 2.72. The lowest BCUT2D eigenvalue weighted by molar-refractivity contribution is 0.282. The second-order valence-corrected chi connectivity index (χ2v) is 5.42. The standard InChI is InChI=1S/C10H16N2O3S/c1-12(2)11-16(14,15)8-10-5-3-9(7-13)4-6-10/h3-6,11,13H,7-8H2,1-2H3. The molecule has 0 fully saturated rings. The van der Waals surface area contributed by atoms with Gasteiger partial charge in [-0.15, -0.1) is 4.83 Å². The first-order valence-corrected chi connectivity index (χ1v) is 6.44. The molecule has 0 spiro atoms.